The van der Waals surface area contributed by atoms with Crippen LogP contribution in [0.4, 0.5) is 10.1 Å². The minimum atomic E-state index is -4.25. The molecule has 0 fully saturated rings. The van der Waals surface area contributed by atoms with E-state index in [1.54, 1.807) is 6.07 Å². The molecule has 1 atom stereocenters. The third-order valence-electron chi connectivity index (χ3n) is 6.34. The minimum Gasteiger partial charge on any atom is -0.497 e. The molecule has 0 bridgehead atoms. The minimum absolute atomic E-state index is 0.0675. The molecule has 2 amide bonds. The second-order valence-corrected chi connectivity index (χ2v) is 11.4. The van der Waals surface area contributed by atoms with Gasteiger partial charge in [0.05, 0.1) is 17.7 Å². The lowest BCUT2D eigenvalue weighted by molar-refractivity contribution is -0.139. The largest absolute Gasteiger partial charge is 0.497 e. The zero-order valence-electron chi connectivity index (χ0n) is 22.6. The molecule has 0 aliphatic rings. The topological polar surface area (TPSA) is 96.0 Å². The third kappa shape index (κ3) is 7.73. The summed E-state index contributed by atoms with van der Waals surface area (Å²) in [7, 11) is -2.79. The van der Waals surface area contributed by atoms with Crippen LogP contribution in [0.25, 0.3) is 0 Å². The van der Waals surface area contributed by atoms with Crippen molar-refractivity contribution in [3.63, 3.8) is 0 Å². The molecule has 0 radical (unpaired) electrons. The van der Waals surface area contributed by atoms with E-state index in [1.807, 2.05) is 6.92 Å². The van der Waals surface area contributed by atoms with Crippen molar-refractivity contribution in [2.24, 2.45) is 0 Å². The van der Waals surface area contributed by atoms with Crippen LogP contribution in [-0.2, 0) is 26.2 Å². The molecular weight excluding hydrogens is 557 g/mol. The van der Waals surface area contributed by atoms with Crippen molar-refractivity contribution in [1.82, 2.24) is 10.2 Å². The van der Waals surface area contributed by atoms with E-state index in [0.29, 0.717) is 17.3 Å². The van der Waals surface area contributed by atoms with E-state index >= 15 is 0 Å². The fourth-order valence-electron chi connectivity index (χ4n) is 3.94. The van der Waals surface area contributed by atoms with Crippen LogP contribution in [0.1, 0.15) is 32.3 Å². The summed E-state index contributed by atoms with van der Waals surface area (Å²) in [5.74, 6) is -1.19. The molecule has 0 saturated carbocycles. The first-order valence-electron chi connectivity index (χ1n) is 12.8. The number of amides is 2. The Morgan fingerprint density at radius 3 is 2.27 bits per heavy atom. The highest BCUT2D eigenvalue weighted by atomic mass is 35.5. The van der Waals surface area contributed by atoms with Crippen molar-refractivity contribution < 1.29 is 27.1 Å². The first kappa shape index (κ1) is 30.9. The van der Waals surface area contributed by atoms with Gasteiger partial charge < -0.3 is 15.0 Å². The maximum absolute atomic E-state index is 14.6. The average Bonchev–Trinajstić information content (AvgIpc) is 2.95. The second kappa shape index (κ2) is 14.1. The van der Waals surface area contributed by atoms with E-state index in [0.717, 1.165) is 17.1 Å². The van der Waals surface area contributed by atoms with Crippen molar-refractivity contribution in [1.29, 1.82) is 0 Å². The van der Waals surface area contributed by atoms with Crippen molar-refractivity contribution in [3.8, 4) is 5.75 Å². The number of carbonyl (C=O) groups is 2. The molecule has 1 N–H and O–H groups in total. The quantitative estimate of drug-likeness (QED) is 0.283. The van der Waals surface area contributed by atoms with Gasteiger partial charge in [0.25, 0.3) is 10.0 Å². The van der Waals surface area contributed by atoms with Crippen molar-refractivity contribution >= 4 is 39.1 Å². The van der Waals surface area contributed by atoms with Crippen LogP contribution in [0, 0.1) is 5.82 Å². The van der Waals surface area contributed by atoms with Crippen LogP contribution in [0.5, 0.6) is 5.75 Å². The Balaban J connectivity index is 2.00. The Bertz CT molecular complexity index is 1400. The first-order chi connectivity index (χ1) is 19.1. The number of hydrogen-bond donors (Lipinski definition) is 1. The Morgan fingerprint density at radius 1 is 1.02 bits per heavy atom. The second-order valence-electron chi connectivity index (χ2n) is 9.10. The first-order valence-corrected chi connectivity index (χ1v) is 14.6. The summed E-state index contributed by atoms with van der Waals surface area (Å²) in [6, 6.07) is 16.7. The molecule has 0 unspecified atom stereocenters. The predicted octanol–water partition coefficient (Wildman–Crippen LogP) is 5.02. The Morgan fingerprint density at radius 2 is 1.68 bits per heavy atom. The Labute approximate surface area is 239 Å². The number of nitrogens with zero attached hydrogens (tertiary/aromatic N) is 2. The van der Waals surface area contributed by atoms with Gasteiger partial charge in [0.2, 0.25) is 11.8 Å². The fraction of sp³-hybridized carbons (Fsp3) is 0.310. The number of benzene rings is 3. The smallest absolute Gasteiger partial charge is 0.264 e. The molecule has 214 valence electrons. The molecule has 0 heterocycles. The highest BCUT2D eigenvalue weighted by molar-refractivity contribution is 7.92. The highest BCUT2D eigenvalue weighted by Gasteiger charge is 2.32. The van der Waals surface area contributed by atoms with Gasteiger partial charge in [-0.3, -0.25) is 13.9 Å². The van der Waals surface area contributed by atoms with Gasteiger partial charge in [-0.15, -0.1) is 0 Å². The zero-order valence-corrected chi connectivity index (χ0v) is 24.2. The van der Waals surface area contributed by atoms with Gasteiger partial charge in [-0.05, 0) is 67.9 Å². The maximum atomic E-state index is 14.6. The number of rotatable bonds is 13. The normalized spacial score (nSPS) is 11.9. The summed E-state index contributed by atoms with van der Waals surface area (Å²) in [4.78, 5) is 27.9. The van der Waals surface area contributed by atoms with E-state index in [-0.39, 0.29) is 22.7 Å². The SMILES string of the molecule is CCCCNC(=O)[C@@H](C)N(Cc1ccccc1F)C(=O)CN(c1ccc(Cl)cc1)S(=O)(=O)c1ccc(OC)cc1. The van der Waals surface area contributed by atoms with E-state index in [1.165, 1.54) is 85.7 Å². The van der Waals surface area contributed by atoms with E-state index in [4.69, 9.17) is 16.3 Å². The van der Waals surface area contributed by atoms with Crippen LogP contribution >= 0.6 is 11.6 Å². The number of halogens is 2. The van der Waals surface area contributed by atoms with Crippen molar-refractivity contribution in [2.45, 2.75) is 44.2 Å². The Hall–Kier alpha value is -3.63. The summed E-state index contributed by atoms with van der Waals surface area (Å²) >= 11 is 6.03. The van der Waals surface area contributed by atoms with Crippen LogP contribution < -0.4 is 14.4 Å². The monoisotopic (exact) mass is 589 g/mol. The molecule has 0 aromatic heterocycles. The van der Waals surface area contributed by atoms with Gasteiger partial charge in [-0.1, -0.05) is 43.1 Å². The molecule has 3 aromatic carbocycles. The van der Waals surface area contributed by atoms with E-state index in [9.17, 15) is 22.4 Å². The molecule has 3 aromatic rings. The number of nitrogens with one attached hydrogen (secondary N) is 1. The summed E-state index contributed by atoms with van der Waals surface area (Å²) in [5.41, 5.74) is 0.388. The summed E-state index contributed by atoms with van der Waals surface area (Å²) in [6.45, 7) is 3.06. The summed E-state index contributed by atoms with van der Waals surface area (Å²) < 4.78 is 48.3. The fourth-order valence-corrected chi connectivity index (χ4v) is 5.48. The molecule has 3 rings (SSSR count). The maximum Gasteiger partial charge on any atom is 0.264 e. The number of ether oxygens (including phenoxy) is 1. The van der Waals surface area contributed by atoms with Gasteiger partial charge in [0.1, 0.15) is 24.2 Å². The lowest BCUT2D eigenvalue weighted by Crippen LogP contribution is -2.51. The van der Waals surface area contributed by atoms with Crippen molar-refractivity contribution in [3.05, 3.63) is 89.2 Å². The number of sulfonamides is 1. The van der Waals surface area contributed by atoms with Gasteiger partial charge in [-0.25, -0.2) is 12.8 Å². The predicted molar refractivity (Wildman–Crippen MR) is 153 cm³/mol. The van der Waals surface area contributed by atoms with Crippen LogP contribution in [0.3, 0.4) is 0 Å². The highest BCUT2D eigenvalue weighted by Crippen LogP contribution is 2.27. The van der Waals surface area contributed by atoms with Gasteiger partial charge in [0.15, 0.2) is 0 Å². The summed E-state index contributed by atoms with van der Waals surface area (Å²) in [5, 5.41) is 3.18. The number of hydrogen-bond acceptors (Lipinski definition) is 5. The molecule has 0 saturated heterocycles. The third-order valence-corrected chi connectivity index (χ3v) is 8.38. The van der Waals surface area contributed by atoms with Crippen molar-refractivity contribution in [2.75, 3.05) is 24.5 Å². The van der Waals surface area contributed by atoms with Gasteiger partial charge >= 0.3 is 0 Å². The molecule has 0 spiro atoms. The van der Waals surface area contributed by atoms with Crippen LogP contribution in [-0.4, -0.2) is 51.4 Å². The van der Waals surface area contributed by atoms with Crippen LogP contribution in [0.15, 0.2) is 77.7 Å². The molecule has 40 heavy (non-hydrogen) atoms. The molecule has 0 aliphatic carbocycles. The number of carbonyl (C=O) groups excluding carboxylic acids is 2. The molecule has 8 nitrogen and oxygen atoms in total. The van der Waals surface area contributed by atoms with Gasteiger partial charge in [-0.2, -0.15) is 0 Å². The Kier molecular flexibility index (Phi) is 10.9. The van der Waals surface area contributed by atoms with Gasteiger partial charge in [0, 0.05) is 23.7 Å². The van der Waals surface area contributed by atoms with Crippen LogP contribution in [0.2, 0.25) is 5.02 Å². The lowest BCUT2D eigenvalue weighted by Gasteiger charge is -2.32. The summed E-state index contributed by atoms with van der Waals surface area (Å²) in [6.07, 6.45) is 1.62. The molecular formula is C29H33ClFN3O5S. The standard InChI is InChI=1S/C29H33ClFN3O5S/c1-4-5-18-32-29(36)21(2)33(19-22-8-6-7-9-27(22)31)28(35)20-34(24-12-10-23(30)11-13-24)40(37,38)26-16-14-25(39-3)15-17-26/h6-17,21H,4-5,18-20H2,1-3H3,(H,32,36)/t21-/m1/s1. The number of methoxy groups -OCH3 is 1. The molecule has 11 heteroatoms. The number of unbranched alkanes of at least 4 members (excludes halogenated alkanes) is 1. The average molecular weight is 590 g/mol. The number of anilines is 1. The molecule has 0 aliphatic heterocycles. The van der Waals surface area contributed by atoms with E-state index < -0.39 is 40.2 Å². The van der Waals surface area contributed by atoms with E-state index in [2.05, 4.69) is 5.32 Å². The lowest BCUT2D eigenvalue weighted by atomic mass is 10.1. The zero-order chi connectivity index (χ0) is 29.3.